The Bertz CT molecular complexity index is 1480. The van der Waals surface area contributed by atoms with Gasteiger partial charge in [-0.1, -0.05) is 25.5 Å². The van der Waals surface area contributed by atoms with Crippen molar-refractivity contribution in [2.45, 2.75) is 66.6 Å². The molecule has 188 valence electrons. The van der Waals surface area contributed by atoms with Crippen molar-refractivity contribution in [1.29, 1.82) is 0 Å². The lowest BCUT2D eigenvalue weighted by Gasteiger charge is -2.15. The number of nitrogens with zero attached hydrogens (tertiary/aromatic N) is 1. The fraction of sp³-hybridized carbons (Fsp3) is 0.333. The van der Waals surface area contributed by atoms with Gasteiger partial charge in [0.2, 0.25) is 0 Å². The molecule has 0 saturated carbocycles. The summed E-state index contributed by atoms with van der Waals surface area (Å²) in [5.74, 6) is -0.938. The molecule has 2 aromatic heterocycles. The molecule has 2 aromatic carbocycles. The molecular weight excluding hydrogens is 450 g/mol. The summed E-state index contributed by atoms with van der Waals surface area (Å²) in [6, 6.07) is 13.7. The number of aryl methyl sites for hydroxylation is 3. The van der Waals surface area contributed by atoms with E-state index < -0.39 is 5.97 Å². The Kier molecular flexibility index (Phi) is 7.45. The summed E-state index contributed by atoms with van der Waals surface area (Å²) >= 11 is 0. The van der Waals surface area contributed by atoms with Crippen LogP contribution in [0.3, 0.4) is 0 Å². The van der Waals surface area contributed by atoms with Gasteiger partial charge in [0, 0.05) is 47.5 Å². The Morgan fingerprint density at radius 3 is 2.53 bits per heavy atom. The molecule has 3 N–H and O–H groups in total. The van der Waals surface area contributed by atoms with E-state index in [1.54, 1.807) is 18.2 Å². The van der Waals surface area contributed by atoms with Crippen LogP contribution in [0.1, 0.15) is 71.5 Å². The minimum absolute atomic E-state index is 0.0301. The highest BCUT2D eigenvalue weighted by molar-refractivity contribution is 5.93. The molecule has 0 atom stereocenters. The summed E-state index contributed by atoms with van der Waals surface area (Å²) in [5.41, 5.74) is 8.30. The van der Waals surface area contributed by atoms with Gasteiger partial charge < -0.3 is 20.0 Å². The van der Waals surface area contributed by atoms with Gasteiger partial charge in [-0.3, -0.25) is 4.79 Å². The van der Waals surface area contributed by atoms with Gasteiger partial charge in [-0.2, -0.15) is 0 Å². The first-order valence-corrected chi connectivity index (χ1v) is 12.6. The van der Waals surface area contributed by atoms with Crippen LogP contribution in [0.25, 0.3) is 22.0 Å². The van der Waals surface area contributed by atoms with E-state index in [1.807, 2.05) is 13.0 Å². The fourth-order valence-corrected chi connectivity index (χ4v) is 5.05. The topological polar surface area (TPSA) is 87.1 Å². The van der Waals surface area contributed by atoms with Crippen LogP contribution in [-0.2, 0) is 19.5 Å². The SMILES string of the molecule is CCCc1cc(C)[nH]c(=O)c1CNCc1cc(-c2cccc(C(=O)O)c2)cc2c1c(C)cn2C(C)C. The van der Waals surface area contributed by atoms with E-state index in [1.165, 1.54) is 10.9 Å². The number of aromatic amines is 1. The first-order valence-electron chi connectivity index (χ1n) is 12.6. The van der Waals surface area contributed by atoms with E-state index in [0.29, 0.717) is 13.1 Å². The van der Waals surface area contributed by atoms with Crippen molar-refractivity contribution in [3.63, 3.8) is 0 Å². The summed E-state index contributed by atoms with van der Waals surface area (Å²) in [4.78, 5) is 27.2. The zero-order chi connectivity index (χ0) is 26.0. The van der Waals surface area contributed by atoms with Crippen molar-refractivity contribution in [1.82, 2.24) is 14.9 Å². The lowest BCUT2D eigenvalue weighted by Crippen LogP contribution is -2.23. The highest BCUT2D eigenvalue weighted by Gasteiger charge is 2.16. The van der Waals surface area contributed by atoms with E-state index in [4.69, 9.17) is 0 Å². The normalized spacial score (nSPS) is 11.5. The number of carbonyl (C=O) groups is 1. The molecule has 0 aliphatic carbocycles. The van der Waals surface area contributed by atoms with E-state index in [9.17, 15) is 14.7 Å². The number of fused-ring (bicyclic) bond motifs is 1. The average Bonchev–Trinajstić information content (AvgIpc) is 3.17. The van der Waals surface area contributed by atoms with Crippen molar-refractivity contribution >= 4 is 16.9 Å². The maximum Gasteiger partial charge on any atom is 0.335 e. The number of nitrogens with one attached hydrogen (secondary N) is 2. The molecule has 0 amide bonds. The van der Waals surface area contributed by atoms with Gasteiger partial charge >= 0.3 is 5.97 Å². The van der Waals surface area contributed by atoms with Crippen molar-refractivity contribution in [2.75, 3.05) is 0 Å². The van der Waals surface area contributed by atoms with Gasteiger partial charge in [-0.25, -0.2) is 4.79 Å². The Morgan fingerprint density at radius 2 is 1.83 bits per heavy atom. The second-order valence-electron chi connectivity index (χ2n) is 9.87. The molecule has 6 nitrogen and oxygen atoms in total. The molecule has 4 rings (SSSR count). The number of hydrogen-bond acceptors (Lipinski definition) is 3. The van der Waals surface area contributed by atoms with Crippen LogP contribution < -0.4 is 10.9 Å². The minimum Gasteiger partial charge on any atom is -0.478 e. The summed E-state index contributed by atoms with van der Waals surface area (Å²) < 4.78 is 2.27. The molecule has 0 aliphatic heterocycles. The number of H-pyrrole nitrogens is 1. The third-order valence-corrected chi connectivity index (χ3v) is 6.70. The molecule has 2 heterocycles. The number of carboxylic acid groups (broad SMARTS) is 1. The number of hydrogen-bond donors (Lipinski definition) is 3. The van der Waals surface area contributed by atoms with Crippen LogP contribution in [0, 0.1) is 13.8 Å². The van der Waals surface area contributed by atoms with Crippen LogP contribution in [0.2, 0.25) is 0 Å². The molecule has 0 bridgehead atoms. The number of aromatic carboxylic acids is 1. The second kappa shape index (κ2) is 10.5. The van der Waals surface area contributed by atoms with Gasteiger partial charge in [0.25, 0.3) is 5.56 Å². The highest BCUT2D eigenvalue weighted by atomic mass is 16.4. The number of rotatable bonds is 9. The molecular formula is C30H35N3O3. The number of aromatic nitrogens is 2. The Morgan fingerprint density at radius 1 is 1.06 bits per heavy atom. The standard InChI is InChI=1S/C30H35N3O3/c1-6-8-22-11-20(5)32-29(34)26(22)16-31-15-25-13-24(21-9-7-10-23(12-21)30(35)36)14-27-28(25)19(4)17-33(27)18(2)3/h7,9-14,17-18,31H,6,8,15-16H2,1-5H3,(H,32,34)(H,35,36). The smallest absolute Gasteiger partial charge is 0.335 e. The molecule has 36 heavy (non-hydrogen) atoms. The quantitative estimate of drug-likeness (QED) is 0.266. The molecule has 4 aromatic rings. The third kappa shape index (κ3) is 5.14. The van der Waals surface area contributed by atoms with E-state index in [0.717, 1.165) is 51.9 Å². The van der Waals surface area contributed by atoms with Crippen LogP contribution in [0.4, 0.5) is 0 Å². The maximum absolute atomic E-state index is 12.7. The summed E-state index contributed by atoms with van der Waals surface area (Å²) in [5, 5.41) is 14.2. The molecule has 0 radical (unpaired) electrons. The predicted molar refractivity (Wildman–Crippen MR) is 146 cm³/mol. The van der Waals surface area contributed by atoms with E-state index in [-0.39, 0.29) is 17.2 Å². The Hall–Kier alpha value is -3.64. The first-order chi connectivity index (χ1) is 17.2. The maximum atomic E-state index is 12.7. The van der Waals surface area contributed by atoms with Crippen LogP contribution in [0.15, 0.2) is 53.5 Å². The average molecular weight is 486 g/mol. The largest absolute Gasteiger partial charge is 0.478 e. The van der Waals surface area contributed by atoms with Crippen molar-refractivity contribution in [2.24, 2.45) is 0 Å². The summed E-state index contributed by atoms with van der Waals surface area (Å²) in [6.07, 6.45) is 4.04. The summed E-state index contributed by atoms with van der Waals surface area (Å²) in [6.45, 7) is 11.6. The molecule has 0 aliphatic rings. The molecule has 0 saturated heterocycles. The molecule has 6 heteroatoms. The molecule has 0 fully saturated rings. The predicted octanol–water partition coefficient (Wildman–Crippen LogP) is 6.13. The van der Waals surface area contributed by atoms with Gasteiger partial charge in [-0.05, 0) is 92.3 Å². The second-order valence-corrected chi connectivity index (χ2v) is 9.87. The third-order valence-electron chi connectivity index (χ3n) is 6.70. The first kappa shape index (κ1) is 25.5. The zero-order valence-corrected chi connectivity index (χ0v) is 21.7. The van der Waals surface area contributed by atoms with Gasteiger partial charge in [0.1, 0.15) is 0 Å². The van der Waals surface area contributed by atoms with Crippen LogP contribution >= 0.6 is 0 Å². The van der Waals surface area contributed by atoms with Crippen LogP contribution in [0.5, 0.6) is 0 Å². The van der Waals surface area contributed by atoms with Crippen molar-refractivity contribution < 1.29 is 9.90 Å². The van der Waals surface area contributed by atoms with Gasteiger partial charge in [-0.15, -0.1) is 0 Å². The van der Waals surface area contributed by atoms with E-state index in [2.05, 4.69) is 67.0 Å². The minimum atomic E-state index is -0.938. The summed E-state index contributed by atoms with van der Waals surface area (Å²) in [7, 11) is 0. The number of pyridine rings is 1. The Balaban J connectivity index is 1.75. The Labute approximate surface area is 212 Å². The van der Waals surface area contributed by atoms with E-state index >= 15 is 0 Å². The zero-order valence-electron chi connectivity index (χ0n) is 21.7. The molecule has 0 spiro atoms. The molecule has 0 unspecified atom stereocenters. The van der Waals surface area contributed by atoms with Crippen molar-refractivity contribution in [3.05, 3.63) is 92.5 Å². The lowest BCUT2D eigenvalue weighted by molar-refractivity contribution is 0.0697. The van der Waals surface area contributed by atoms with Crippen molar-refractivity contribution in [3.8, 4) is 11.1 Å². The lowest BCUT2D eigenvalue weighted by atomic mass is 9.97. The fourth-order valence-electron chi connectivity index (χ4n) is 5.05. The van der Waals surface area contributed by atoms with Gasteiger partial charge in [0.05, 0.1) is 5.56 Å². The number of benzene rings is 2. The van der Waals surface area contributed by atoms with Gasteiger partial charge in [0.15, 0.2) is 0 Å². The monoisotopic (exact) mass is 485 g/mol. The highest BCUT2D eigenvalue weighted by Crippen LogP contribution is 2.33. The number of carboxylic acids is 1. The van der Waals surface area contributed by atoms with Crippen LogP contribution in [-0.4, -0.2) is 20.6 Å².